The summed E-state index contributed by atoms with van der Waals surface area (Å²) in [5.41, 5.74) is 2.50. The Morgan fingerprint density at radius 3 is 2.65 bits per heavy atom. The summed E-state index contributed by atoms with van der Waals surface area (Å²) in [4.78, 5) is 14.1. The van der Waals surface area contributed by atoms with Gasteiger partial charge in [-0.1, -0.05) is 25.7 Å². The Labute approximate surface area is 121 Å². The van der Waals surface area contributed by atoms with E-state index < -0.39 is 0 Å². The quantitative estimate of drug-likeness (QED) is 0.856. The second kappa shape index (κ2) is 7.72. The van der Waals surface area contributed by atoms with Crippen LogP contribution in [0.15, 0.2) is 18.2 Å². The molecular formula is C17H23NO2. The predicted molar refractivity (Wildman–Crippen MR) is 81.6 cm³/mol. The molecule has 0 spiro atoms. The molecule has 0 bridgehead atoms. The van der Waals surface area contributed by atoms with Gasteiger partial charge in [0.1, 0.15) is 0 Å². The van der Waals surface area contributed by atoms with Crippen LogP contribution in [-0.4, -0.2) is 36.1 Å². The zero-order valence-electron chi connectivity index (χ0n) is 12.7. The van der Waals surface area contributed by atoms with Gasteiger partial charge in [0.15, 0.2) is 0 Å². The molecule has 1 rings (SSSR count). The first kappa shape index (κ1) is 16.3. The van der Waals surface area contributed by atoms with Gasteiger partial charge in [0.25, 0.3) is 5.91 Å². The number of carbonyl (C=O) groups is 1. The highest BCUT2D eigenvalue weighted by atomic mass is 16.2. The SMILES string of the molecule is Cc1cc(C#CCCO)cc(C(=O)N(C)CC(C)C)c1. The lowest BCUT2D eigenvalue weighted by Gasteiger charge is -2.19. The van der Waals surface area contributed by atoms with Crippen LogP contribution in [0.5, 0.6) is 0 Å². The zero-order chi connectivity index (χ0) is 15.1. The smallest absolute Gasteiger partial charge is 0.253 e. The lowest BCUT2D eigenvalue weighted by Crippen LogP contribution is -2.30. The van der Waals surface area contributed by atoms with Crippen molar-refractivity contribution < 1.29 is 9.90 Å². The van der Waals surface area contributed by atoms with Crippen LogP contribution in [0.4, 0.5) is 0 Å². The first-order valence-electron chi connectivity index (χ1n) is 6.91. The molecule has 0 unspecified atom stereocenters. The van der Waals surface area contributed by atoms with Gasteiger partial charge in [0, 0.05) is 31.1 Å². The number of carbonyl (C=O) groups excluding carboxylic acids is 1. The van der Waals surface area contributed by atoms with Crippen LogP contribution in [0.2, 0.25) is 0 Å². The Morgan fingerprint density at radius 1 is 1.35 bits per heavy atom. The molecule has 0 aromatic heterocycles. The second-order valence-electron chi connectivity index (χ2n) is 5.44. The maximum Gasteiger partial charge on any atom is 0.253 e. The van der Waals surface area contributed by atoms with E-state index in [1.807, 2.05) is 32.2 Å². The summed E-state index contributed by atoms with van der Waals surface area (Å²) in [5, 5.41) is 8.74. The van der Waals surface area contributed by atoms with Gasteiger partial charge >= 0.3 is 0 Å². The van der Waals surface area contributed by atoms with Crippen molar-refractivity contribution in [3.63, 3.8) is 0 Å². The van der Waals surface area contributed by atoms with Crippen molar-refractivity contribution in [1.29, 1.82) is 0 Å². The minimum absolute atomic E-state index is 0.0209. The van der Waals surface area contributed by atoms with Crippen LogP contribution in [0.25, 0.3) is 0 Å². The van der Waals surface area contributed by atoms with Gasteiger partial charge in [-0.05, 0) is 36.6 Å². The highest BCUT2D eigenvalue weighted by molar-refractivity contribution is 5.94. The number of aliphatic hydroxyl groups excluding tert-OH is 1. The van der Waals surface area contributed by atoms with Crippen LogP contribution >= 0.6 is 0 Å². The monoisotopic (exact) mass is 273 g/mol. The van der Waals surface area contributed by atoms with E-state index in [1.165, 1.54) is 0 Å². The lowest BCUT2D eigenvalue weighted by atomic mass is 10.1. The number of nitrogens with zero attached hydrogens (tertiary/aromatic N) is 1. The van der Waals surface area contributed by atoms with Crippen molar-refractivity contribution in [3.05, 3.63) is 34.9 Å². The minimum atomic E-state index is 0.0209. The molecule has 0 aliphatic rings. The van der Waals surface area contributed by atoms with E-state index in [0.29, 0.717) is 17.9 Å². The van der Waals surface area contributed by atoms with Gasteiger partial charge in [-0.25, -0.2) is 0 Å². The molecule has 1 amide bonds. The molecule has 3 nitrogen and oxygen atoms in total. The molecule has 0 atom stereocenters. The van der Waals surface area contributed by atoms with E-state index >= 15 is 0 Å². The highest BCUT2D eigenvalue weighted by Crippen LogP contribution is 2.12. The summed E-state index contributed by atoms with van der Waals surface area (Å²) >= 11 is 0. The number of benzene rings is 1. The average Bonchev–Trinajstić information content (AvgIpc) is 2.36. The topological polar surface area (TPSA) is 40.5 Å². The molecular weight excluding hydrogens is 250 g/mol. The molecule has 1 aromatic rings. The van der Waals surface area contributed by atoms with Gasteiger partial charge in [-0.3, -0.25) is 4.79 Å². The third-order valence-corrected chi connectivity index (χ3v) is 2.78. The van der Waals surface area contributed by atoms with Crippen molar-refractivity contribution >= 4 is 5.91 Å². The predicted octanol–water partition coefficient (Wildman–Crippen LogP) is 2.46. The van der Waals surface area contributed by atoms with Crippen LogP contribution in [0.3, 0.4) is 0 Å². The third kappa shape index (κ3) is 5.07. The Bertz CT molecular complexity index is 524. The van der Waals surface area contributed by atoms with E-state index in [1.54, 1.807) is 4.90 Å². The molecule has 3 heteroatoms. The maximum absolute atomic E-state index is 12.4. The molecule has 0 fully saturated rings. The third-order valence-electron chi connectivity index (χ3n) is 2.78. The molecule has 1 aromatic carbocycles. The van der Waals surface area contributed by atoms with Crippen LogP contribution in [-0.2, 0) is 0 Å². The van der Waals surface area contributed by atoms with E-state index in [2.05, 4.69) is 25.7 Å². The first-order valence-corrected chi connectivity index (χ1v) is 6.91. The van der Waals surface area contributed by atoms with Gasteiger partial charge in [-0.15, -0.1) is 0 Å². The number of aryl methyl sites for hydroxylation is 1. The number of aliphatic hydroxyl groups is 1. The Kier molecular flexibility index (Phi) is 6.27. The maximum atomic E-state index is 12.4. The fourth-order valence-corrected chi connectivity index (χ4v) is 2.05. The largest absolute Gasteiger partial charge is 0.395 e. The molecule has 0 saturated carbocycles. The van der Waals surface area contributed by atoms with Crippen molar-refractivity contribution in [3.8, 4) is 11.8 Å². The molecule has 20 heavy (non-hydrogen) atoms. The Hall–Kier alpha value is -1.79. The molecule has 0 aliphatic heterocycles. The Morgan fingerprint density at radius 2 is 2.05 bits per heavy atom. The molecule has 108 valence electrons. The summed E-state index contributed by atoms with van der Waals surface area (Å²) < 4.78 is 0. The van der Waals surface area contributed by atoms with E-state index in [4.69, 9.17) is 5.11 Å². The fourth-order valence-electron chi connectivity index (χ4n) is 2.05. The molecule has 1 N–H and O–H groups in total. The van der Waals surface area contributed by atoms with Crippen molar-refractivity contribution in [2.75, 3.05) is 20.2 Å². The van der Waals surface area contributed by atoms with E-state index in [0.717, 1.165) is 17.7 Å². The summed E-state index contributed by atoms with van der Waals surface area (Å²) in [6.07, 6.45) is 0.449. The Balaban J connectivity index is 2.96. The van der Waals surface area contributed by atoms with Crippen molar-refractivity contribution in [2.45, 2.75) is 27.2 Å². The van der Waals surface area contributed by atoms with Crippen molar-refractivity contribution in [2.24, 2.45) is 5.92 Å². The second-order valence-corrected chi connectivity index (χ2v) is 5.44. The van der Waals surface area contributed by atoms with Crippen LogP contribution in [0, 0.1) is 24.7 Å². The van der Waals surface area contributed by atoms with Crippen molar-refractivity contribution in [1.82, 2.24) is 4.90 Å². The summed E-state index contributed by atoms with van der Waals surface area (Å²) in [7, 11) is 1.82. The standard InChI is InChI=1S/C17H23NO2/c1-13(2)12-18(4)17(20)16-10-14(3)9-15(11-16)7-5-6-8-19/h9-11,13,19H,6,8,12H2,1-4H3. The number of amides is 1. The van der Waals surface area contributed by atoms with Gasteiger partial charge in [0.2, 0.25) is 0 Å². The molecule has 0 heterocycles. The molecule has 0 radical (unpaired) electrons. The van der Waals surface area contributed by atoms with Crippen LogP contribution in [0.1, 0.15) is 41.8 Å². The van der Waals surface area contributed by atoms with Gasteiger partial charge in [-0.2, -0.15) is 0 Å². The highest BCUT2D eigenvalue weighted by Gasteiger charge is 2.13. The lowest BCUT2D eigenvalue weighted by molar-refractivity contribution is 0.0779. The molecule has 0 saturated heterocycles. The zero-order valence-corrected chi connectivity index (χ0v) is 12.7. The van der Waals surface area contributed by atoms with Gasteiger partial charge < -0.3 is 10.0 Å². The van der Waals surface area contributed by atoms with E-state index in [9.17, 15) is 4.79 Å². The summed E-state index contributed by atoms with van der Waals surface area (Å²) in [6, 6.07) is 5.65. The number of hydrogen-bond donors (Lipinski definition) is 1. The fraction of sp³-hybridized carbons (Fsp3) is 0.471. The average molecular weight is 273 g/mol. The minimum Gasteiger partial charge on any atom is -0.395 e. The van der Waals surface area contributed by atoms with E-state index in [-0.39, 0.29) is 12.5 Å². The van der Waals surface area contributed by atoms with Gasteiger partial charge in [0.05, 0.1) is 6.61 Å². The summed E-state index contributed by atoms with van der Waals surface area (Å²) in [5.74, 6) is 6.33. The summed E-state index contributed by atoms with van der Waals surface area (Å²) in [6.45, 7) is 6.92. The number of rotatable bonds is 4. The first-order chi connectivity index (χ1) is 9.43. The molecule has 0 aliphatic carbocycles. The number of hydrogen-bond acceptors (Lipinski definition) is 2. The van der Waals surface area contributed by atoms with Crippen LogP contribution < -0.4 is 0 Å². The normalized spacial score (nSPS) is 10.1.